The summed E-state index contributed by atoms with van der Waals surface area (Å²) in [5, 5.41) is 16.7. The highest BCUT2D eigenvalue weighted by Crippen LogP contribution is 2.22. The molecule has 2 N–H and O–H groups in total. The van der Waals surface area contributed by atoms with E-state index in [1.54, 1.807) is 11.8 Å². The molecule has 18 heavy (non-hydrogen) atoms. The third kappa shape index (κ3) is 2.62. The lowest BCUT2D eigenvalue weighted by Gasteiger charge is -2.04. The van der Waals surface area contributed by atoms with Crippen molar-refractivity contribution in [1.82, 2.24) is 0 Å². The van der Waals surface area contributed by atoms with Gasteiger partial charge >= 0.3 is 0 Å². The van der Waals surface area contributed by atoms with E-state index in [0.717, 1.165) is 0 Å². The van der Waals surface area contributed by atoms with Crippen LogP contribution in [-0.4, -0.2) is 23.4 Å². The molecule has 0 heterocycles. The van der Waals surface area contributed by atoms with Gasteiger partial charge in [0, 0.05) is 0 Å². The first-order chi connectivity index (χ1) is 8.54. The van der Waals surface area contributed by atoms with Crippen molar-refractivity contribution in [1.29, 1.82) is 0 Å². The van der Waals surface area contributed by atoms with Gasteiger partial charge in [0.1, 0.15) is 24.3 Å². The van der Waals surface area contributed by atoms with E-state index in [9.17, 15) is 17.6 Å². The van der Waals surface area contributed by atoms with Gasteiger partial charge in [0.15, 0.2) is 23.3 Å². The Hall–Kier alpha value is -2.02. The van der Waals surface area contributed by atoms with E-state index in [2.05, 4.69) is 0 Å². The third-order valence-electron chi connectivity index (χ3n) is 1.85. The molecule has 0 saturated heterocycles. The molecule has 6 heteroatoms. The van der Waals surface area contributed by atoms with E-state index in [1.165, 1.54) is 0 Å². The standard InChI is InChI=1S/C12H6F4O2/c13-9-7(3-1-5-17)10(14)12(16)8(11(9)15)4-2-6-18/h17-18H,5-6H2. The predicted molar refractivity (Wildman–Crippen MR) is 54.2 cm³/mol. The molecule has 1 rings (SSSR count). The van der Waals surface area contributed by atoms with Gasteiger partial charge in [0.05, 0.1) is 0 Å². The number of rotatable bonds is 0. The molecule has 0 aromatic heterocycles. The van der Waals surface area contributed by atoms with E-state index in [0.29, 0.717) is 0 Å². The Morgan fingerprint density at radius 1 is 0.667 bits per heavy atom. The number of aliphatic hydroxyl groups excluding tert-OH is 2. The van der Waals surface area contributed by atoms with Crippen molar-refractivity contribution in [3.05, 3.63) is 34.4 Å². The van der Waals surface area contributed by atoms with Gasteiger partial charge in [-0.05, 0) is 0 Å². The highest BCUT2D eigenvalue weighted by Gasteiger charge is 2.23. The first-order valence-corrected chi connectivity index (χ1v) is 4.60. The molecule has 94 valence electrons. The van der Waals surface area contributed by atoms with Gasteiger partial charge in [-0.3, -0.25) is 0 Å². The Labute approximate surface area is 99.9 Å². The number of aliphatic hydroxyl groups is 2. The van der Waals surface area contributed by atoms with Crippen LogP contribution in [0.2, 0.25) is 0 Å². The maximum Gasteiger partial charge on any atom is 0.178 e. The molecule has 1 aromatic carbocycles. The van der Waals surface area contributed by atoms with Crippen LogP contribution in [-0.2, 0) is 0 Å². The van der Waals surface area contributed by atoms with Gasteiger partial charge in [-0.1, -0.05) is 23.7 Å². The molecule has 0 aliphatic carbocycles. The van der Waals surface area contributed by atoms with Crippen LogP contribution in [0.1, 0.15) is 11.1 Å². The van der Waals surface area contributed by atoms with Crippen molar-refractivity contribution >= 4 is 0 Å². The monoisotopic (exact) mass is 258 g/mol. The van der Waals surface area contributed by atoms with Crippen molar-refractivity contribution in [2.45, 2.75) is 0 Å². The smallest absolute Gasteiger partial charge is 0.178 e. The van der Waals surface area contributed by atoms with Gasteiger partial charge < -0.3 is 10.2 Å². The van der Waals surface area contributed by atoms with Crippen molar-refractivity contribution in [2.75, 3.05) is 13.2 Å². The van der Waals surface area contributed by atoms with Gasteiger partial charge in [-0.25, -0.2) is 17.6 Å². The van der Waals surface area contributed by atoms with E-state index in [-0.39, 0.29) is 0 Å². The SMILES string of the molecule is OCC#Cc1c(F)c(F)c(C#CCO)c(F)c1F. The van der Waals surface area contributed by atoms with Crippen molar-refractivity contribution in [3.63, 3.8) is 0 Å². The molecule has 0 atom stereocenters. The van der Waals surface area contributed by atoms with Crippen LogP contribution in [0, 0.1) is 47.0 Å². The summed E-state index contributed by atoms with van der Waals surface area (Å²) in [4.78, 5) is 0. The molecule has 0 aliphatic rings. The number of hydrogen-bond donors (Lipinski definition) is 2. The molecule has 0 saturated carbocycles. The third-order valence-corrected chi connectivity index (χ3v) is 1.85. The van der Waals surface area contributed by atoms with Crippen LogP contribution in [0.5, 0.6) is 0 Å². The molecule has 0 unspecified atom stereocenters. The minimum Gasteiger partial charge on any atom is -0.384 e. The summed E-state index contributed by atoms with van der Waals surface area (Å²) in [7, 11) is 0. The van der Waals surface area contributed by atoms with Crippen molar-refractivity contribution < 1.29 is 27.8 Å². The summed E-state index contributed by atoms with van der Waals surface area (Å²) >= 11 is 0. The fourth-order valence-corrected chi connectivity index (χ4v) is 1.11. The van der Waals surface area contributed by atoms with Crippen LogP contribution >= 0.6 is 0 Å². The lowest BCUT2D eigenvalue weighted by molar-refractivity contribution is 0.350. The quantitative estimate of drug-likeness (QED) is 0.413. The molecule has 0 fully saturated rings. The molecular formula is C12H6F4O2. The lowest BCUT2D eigenvalue weighted by atomic mass is 10.1. The second-order valence-electron chi connectivity index (χ2n) is 2.93. The number of benzene rings is 1. The molecule has 0 aliphatic heterocycles. The summed E-state index contributed by atoms with van der Waals surface area (Å²) in [5.41, 5.74) is -2.23. The van der Waals surface area contributed by atoms with E-state index in [1.807, 2.05) is 11.8 Å². The van der Waals surface area contributed by atoms with Crippen LogP contribution < -0.4 is 0 Å². The first-order valence-electron chi connectivity index (χ1n) is 4.60. The van der Waals surface area contributed by atoms with E-state index < -0.39 is 47.6 Å². The molecule has 0 amide bonds. The lowest BCUT2D eigenvalue weighted by Crippen LogP contribution is -2.04. The molecule has 2 nitrogen and oxygen atoms in total. The normalized spacial score (nSPS) is 9.22. The van der Waals surface area contributed by atoms with Gasteiger partial charge in [-0.2, -0.15) is 0 Å². The Morgan fingerprint density at radius 2 is 0.944 bits per heavy atom. The first kappa shape index (κ1) is 14.0. The molecule has 1 aromatic rings. The fourth-order valence-electron chi connectivity index (χ4n) is 1.11. The Morgan fingerprint density at radius 3 is 1.17 bits per heavy atom. The zero-order valence-corrected chi connectivity index (χ0v) is 8.82. The molecule has 0 spiro atoms. The fraction of sp³-hybridized carbons (Fsp3) is 0.167. The number of hydrogen-bond acceptors (Lipinski definition) is 2. The Kier molecular flexibility index (Phi) is 4.73. The second kappa shape index (κ2) is 6.06. The average molecular weight is 258 g/mol. The second-order valence-corrected chi connectivity index (χ2v) is 2.93. The van der Waals surface area contributed by atoms with Crippen LogP contribution in [0.15, 0.2) is 0 Å². The molecule has 0 bridgehead atoms. The summed E-state index contributed by atoms with van der Waals surface area (Å²) in [6.45, 7) is -1.43. The van der Waals surface area contributed by atoms with Crippen LogP contribution in [0.25, 0.3) is 0 Å². The summed E-state index contributed by atoms with van der Waals surface area (Å²) in [6, 6.07) is 0. The van der Waals surface area contributed by atoms with Gasteiger partial charge in [0.2, 0.25) is 0 Å². The largest absolute Gasteiger partial charge is 0.384 e. The highest BCUT2D eigenvalue weighted by atomic mass is 19.2. The topological polar surface area (TPSA) is 40.5 Å². The Balaban J connectivity index is 3.55. The van der Waals surface area contributed by atoms with Crippen LogP contribution in [0.4, 0.5) is 17.6 Å². The molecular weight excluding hydrogens is 252 g/mol. The summed E-state index contributed by atoms with van der Waals surface area (Å²) in [6.07, 6.45) is 0. The Bertz CT molecular complexity index is 506. The van der Waals surface area contributed by atoms with Crippen molar-refractivity contribution in [3.8, 4) is 23.7 Å². The summed E-state index contributed by atoms with van der Waals surface area (Å²) < 4.78 is 53.4. The predicted octanol–water partition coefficient (Wildman–Crippen LogP) is 0.931. The maximum atomic E-state index is 13.4. The number of halogens is 4. The maximum absolute atomic E-state index is 13.4. The minimum absolute atomic E-state index is 0.714. The average Bonchev–Trinajstić information content (AvgIpc) is 2.37. The zero-order valence-electron chi connectivity index (χ0n) is 8.82. The van der Waals surface area contributed by atoms with E-state index in [4.69, 9.17) is 10.2 Å². The highest BCUT2D eigenvalue weighted by molar-refractivity contribution is 5.46. The zero-order chi connectivity index (χ0) is 13.7. The van der Waals surface area contributed by atoms with Crippen molar-refractivity contribution in [2.24, 2.45) is 0 Å². The van der Waals surface area contributed by atoms with E-state index >= 15 is 0 Å². The van der Waals surface area contributed by atoms with Gasteiger partial charge in [0.25, 0.3) is 0 Å². The minimum atomic E-state index is -1.70. The molecule has 0 radical (unpaired) electrons. The van der Waals surface area contributed by atoms with Gasteiger partial charge in [-0.15, -0.1) is 0 Å². The van der Waals surface area contributed by atoms with Crippen LogP contribution in [0.3, 0.4) is 0 Å². The summed E-state index contributed by atoms with van der Waals surface area (Å²) in [5.74, 6) is 0.507.